The van der Waals surface area contributed by atoms with E-state index in [1.165, 1.54) is 11.8 Å². The van der Waals surface area contributed by atoms with Crippen molar-refractivity contribution >= 4 is 16.0 Å². The molecule has 0 spiro atoms. The van der Waals surface area contributed by atoms with E-state index in [0.717, 1.165) is 32.7 Å². The summed E-state index contributed by atoms with van der Waals surface area (Å²) in [4.78, 5) is 11.4. The van der Waals surface area contributed by atoms with Gasteiger partial charge in [-0.15, -0.1) is 0 Å². The third-order valence-electron chi connectivity index (χ3n) is 4.92. The van der Waals surface area contributed by atoms with Gasteiger partial charge in [-0.2, -0.15) is 13.2 Å². The normalized spacial score (nSPS) is 25.0. The number of hydrogen-bond acceptors (Lipinski definition) is 5. The van der Waals surface area contributed by atoms with Gasteiger partial charge in [-0.05, 0) is 24.4 Å². The zero-order chi connectivity index (χ0) is 21.7. The number of fused-ring (bicyclic) bond motifs is 1. The van der Waals surface area contributed by atoms with Crippen molar-refractivity contribution in [2.24, 2.45) is 11.8 Å². The van der Waals surface area contributed by atoms with Gasteiger partial charge in [-0.1, -0.05) is 30.3 Å². The molecule has 2 heterocycles. The van der Waals surface area contributed by atoms with Crippen molar-refractivity contribution in [3.63, 3.8) is 0 Å². The Morgan fingerprint density at radius 1 is 1.31 bits per heavy atom. The van der Waals surface area contributed by atoms with Crippen molar-refractivity contribution < 1.29 is 36.2 Å². The van der Waals surface area contributed by atoms with E-state index >= 15 is 0 Å². The Labute approximate surface area is 167 Å². The molecule has 0 saturated carbocycles. The number of halogens is 3. The predicted octanol–water partition coefficient (Wildman–Crippen LogP) is 1.71. The number of aliphatic carboxylic acids is 1. The summed E-state index contributed by atoms with van der Waals surface area (Å²) in [6.45, 7) is 4.21. The lowest BCUT2D eigenvalue weighted by Crippen LogP contribution is -2.43. The molecule has 11 heteroatoms. The summed E-state index contributed by atoms with van der Waals surface area (Å²) >= 11 is 0. The van der Waals surface area contributed by atoms with Crippen molar-refractivity contribution in [3.05, 3.63) is 35.9 Å². The van der Waals surface area contributed by atoms with Crippen molar-refractivity contribution in [2.75, 3.05) is 32.5 Å². The molecule has 2 saturated heterocycles. The molecule has 0 unspecified atom stereocenters. The molecule has 2 N–H and O–H groups in total. The van der Waals surface area contributed by atoms with Crippen molar-refractivity contribution in [3.8, 4) is 0 Å². The van der Waals surface area contributed by atoms with Crippen LogP contribution in [0.2, 0.25) is 0 Å². The molecule has 0 radical (unpaired) electrons. The first-order chi connectivity index (χ1) is 13.5. The Bertz CT molecular complexity index is 773. The van der Waals surface area contributed by atoms with Crippen molar-refractivity contribution in [1.82, 2.24) is 9.62 Å². The van der Waals surface area contributed by atoms with Crippen LogP contribution in [0.15, 0.2) is 30.3 Å². The van der Waals surface area contributed by atoms with E-state index in [1.54, 1.807) is 0 Å². The van der Waals surface area contributed by atoms with E-state index in [4.69, 9.17) is 14.6 Å². The van der Waals surface area contributed by atoms with Gasteiger partial charge in [0.15, 0.2) is 0 Å². The van der Waals surface area contributed by atoms with E-state index in [2.05, 4.69) is 33.9 Å². The quantitative estimate of drug-likeness (QED) is 0.727. The minimum atomic E-state index is -5.08. The van der Waals surface area contributed by atoms with Gasteiger partial charge in [0.05, 0.1) is 19.0 Å². The van der Waals surface area contributed by atoms with Crippen molar-refractivity contribution in [2.45, 2.75) is 25.2 Å². The first-order valence-electron chi connectivity index (χ1n) is 9.08. The Morgan fingerprint density at radius 2 is 1.93 bits per heavy atom. The molecule has 0 amide bonds. The summed E-state index contributed by atoms with van der Waals surface area (Å²) in [5, 5.41) is 7.12. The second-order valence-electron chi connectivity index (χ2n) is 7.23. The van der Waals surface area contributed by atoms with Gasteiger partial charge >= 0.3 is 12.1 Å². The SMILES string of the molecule is CS(=O)(=O)NC[C@H]1OC[C@H]2CN(Cc3ccccc3)CC[C@H]21.O=C(O)C(F)(F)F. The van der Waals surface area contributed by atoms with Gasteiger partial charge in [-0.25, -0.2) is 17.9 Å². The molecule has 3 atom stereocenters. The largest absolute Gasteiger partial charge is 0.490 e. The van der Waals surface area contributed by atoms with Crippen LogP contribution in [0.5, 0.6) is 0 Å². The highest BCUT2D eigenvalue weighted by atomic mass is 32.2. The molecular weight excluding hydrogens is 413 g/mol. The summed E-state index contributed by atoms with van der Waals surface area (Å²) in [6.07, 6.45) is -2.78. The molecule has 164 valence electrons. The standard InChI is InChI=1S/C16H24N2O3S.C2HF3O2/c1-22(19,20)17-9-16-15-7-8-18(11-14(15)12-21-16)10-13-5-3-2-4-6-13;3-2(4,5)1(6)7/h2-6,14-17H,7-12H2,1H3;(H,6,7)/t14-,15-,16-;/m1./s1. The highest BCUT2D eigenvalue weighted by Crippen LogP contribution is 2.34. The molecule has 29 heavy (non-hydrogen) atoms. The Kier molecular flexibility index (Phi) is 8.03. The summed E-state index contributed by atoms with van der Waals surface area (Å²) in [5.74, 6) is -1.77. The van der Waals surface area contributed by atoms with Crippen LogP contribution in [0.4, 0.5) is 13.2 Å². The van der Waals surface area contributed by atoms with Gasteiger partial charge in [0.25, 0.3) is 0 Å². The molecule has 2 aliphatic rings. The molecule has 1 aromatic carbocycles. The molecule has 2 fully saturated rings. The summed E-state index contributed by atoms with van der Waals surface area (Å²) in [7, 11) is -3.14. The molecule has 0 bridgehead atoms. The number of carboxylic acid groups (broad SMARTS) is 1. The minimum absolute atomic E-state index is 0.0265. The first-order valence-corrected chi connectivity index (χ1v) is 11.0. The third-order valence-corrected chi connectivity index (χ3v) is 5.61. The average molecular weight is 438 g/mol. The zero-order valence-corrected chi connectivity index (χ0v) is 16.7. The van der Waals surface area contributed by atoms with Crippen LogP contribution in [0.1, 0.15) is 12.0 Å². The number of carbonyl (C=O) groups is 1. The number of likely N-dealkylation sites (tertiary alicyclic amines) is 1. The van der Waals surface area contributed by atoms with Crippen LogP contribution in [0.25, 0.3) is 0 Å². The van der Waals surface area contributed by atoms with Crippen LogP contribution >= 0.6 is 0 Å². The highest BCUT2D eigenvalue weighted by molar-refractivity contribution is 7.88. The number of sulfonamides is 1. The van der Waals surface area contributed by atoms with E-state index in [1.807, 2.05) is 6.07 Å². The minimum Gasteiger partial charge on any atom is -0.475 e. The molecule has 0 aromatic heterocycles. The molecular formula is C18H25F3N2O5S. The van der Waals surface area contributed by atoms with E-state index < -0.39 is 22.2 Å². The molecule has 1 aromatic rings. The average Bonchev–Trinajstić information content (AvgIpc) is 3.02. The van der Waals surface area contributed by atoms with Gasteiger partial charge in [0, 0.05) is 25.6 Å². The van der Waals surface area contributed by atoms with Gasteiger partial charge < -0.3 is 9.84 Å². The topological polar surface area (TPSA) is 95.9 Å². The Balaban J connectivity index is 0.000000370. The fourth-order valence-electron chi connectivity index (χ4n) is 3.59. The number of carboxylic acids is 1. The van der Waals surface area contributed by atoms with Gasteiger partial charge in [0.1, 0.15) is 0 Å². The number of alkyl halides is 3. The van der Waals surface area contributed by atoms with Crippen LogP contribution < -0.4 is 4.72 Å². The zero-order valence-electron chi connectivity index (χ0n) is 15.9. The summed E-state index contributed by atoms with van der Waals surface area (Å²) in [6, 6.07) is 10.5. The maximum Gasteiger partial charge on any atom is 0.490 e. The highest BCUT2D eigenvalue weighted by Gasteiger charge is 2.40. The van der Waals surface area contributed by atoms with Crippen LogP contribution in [0.3, 0.4) is 0 Å². The van der Waals surface area contributed by atoms with Crippen LogP contribution in [0, 0.1) is 11.8 Å². The lowest BCUT2D eigenvalue weighted by atomic mass is 9.84. The second-order valence-corrected chi connectivity index (χ2v) is 9.06. The number of piperidine rings is 1. The maximum absolute atomic E-state index is 11.2. The number of benzene rings is 1. The van der Waals surface area contributed by atoms with Crippen LogP contribution in [-0.2, 0) is 26.1 Å². The second kappa shape index (κ2) is 9.88. The number of nitrogens with one attached hydrogen (secondary N) is 1. The lowest BCUT2D eigenvalue weighted by molar-refractivity contribution is -0.192. The summed E-state index contributed by atoms with van der Waals surface area (Å²) < 4.78 is 62.6. The third kappa shape index (κ3) is 7.92. The van der Waals surface area contributed by atoms with Gasteiger partial charge in [0.2, 0.25) is 10.0 Å². The Hall–Kier alpha value is -1.69. The molecule has 3 rings (SSSR count). The summed E-state index contributed by atoms with van der Waals surface area (Å²) in [5.41, 5.74) is 1.34. The van der Waals surface area contributed by atoms with Crippen molar-refractivity contribution in [1.29, 1.82) is 0 Å². The number of hydrogen-bond donors (Lipinski definition) is 2. The fraction of sp³-hybridized carbons (Fsp3) is 0.611. The smallest absolute Gasteiger partial charge is 0.475 e. The molecule has 7 nitrogen and oxygen atoms in total. The molecule has 0 aliphatic carbocycles. The van der Waals surface area contributed by atoms with Gasteiger partial charge in [-0.3, -0.25) is 4.90 Å². The van der Waals surface area contributed by atoms with E-state index in [0.29, 0.717) is 18.4 Å². The number of nitrogens with zero attached hydrogens (tertiary/aromatic N) is 1. The van der Waals surface area contributed by atoms with E-state index in [-0.39, 0.29) is 6.10 Å². The number of ether oxygens (including phenoxy) is 1. The fourth-order valence-corrected chi connectivity index (χ4v) is 4.06. The lowest BCUT2D eigenvalue weighted by Gasteiger charge is -2.35. The number of rotatable bonds is 5. The first kappa shape index (κ1) is 23.6. The monoisotopic (exact) mass is 438 g/mol. The molecule has 2 aliphatic heterocycles. The maximum atomic E-state index is 11.2. The predicted molar refractivity (Wildman–Crippen MR) is 99.6 cm³/mol. The van der Waals surface area contributed by atoms with E-state index in [9.17, 15) is 21.6 Å². The Morgan fingerprint density at radius 3 is 2.48 bits per heavy atom. The van der Waals surface area contributed by atoms with Crippen LogP contribution in [-0.4, -0.2) is 69.2 Å².